The molecule has 13 nitrogen and oxygen atoms in total. The van der Waals surface area contributed by atoms with Gasteiger partial charge in [0.05, 0.1) is 29.7 Å². The second-order valence-corrected chi connectivity index (χ2v) is 16.7. The minimum atomic E-state index is -3.93. The van der Waals surface area contributed by atoms with Gasteiger partial charge in [-0.1, -0.05) is 32.4 Å². The third-order valence-corrected chi connectivity index (χ3v) is 12.5. The Morgan fingerprint density at radius 1 is 1.14 bits per heavy atom. The van der Waals surface area contributed by atoms with Crippen LogP contribution >= 0.6 is 0 Å². The molecular weight excluding hydrogens is 673 g/mol. The normalized spacial score (nSPS) is 24.1. The predicted molar refractivity (Wildman–Crippen MR) is 192 cm³/mol. The Balaban J connectivity index is 1.25. The second-order valence-electron chi connectivity index (χ2n) is 14.5. The van der Waals surface area contributed by atoms with Crippen molar-refractivity contribution in [2.24, 2.45) is 5.92 Å². The van der Waals surface area contributed by atoms with Crippen molar-refractivity contribution in [2.75, 3.05) is 13.7 Å². The number of benzene rings is 1. The van der Waals surface area contributed by atoms with Crippen LogP contribution in [0.1, 0.15) is 95.7 Å². The number of pyridine rings is 1. The SMILES string of the molecule is COc1ccc2c(OCC[C@@H]3NC(=O)CCCCC/C=C\[C@@H]4C[C@@]4(C(=O)NS(=O)(=O)C4(C)CC4)NC3=O)cc(-n3ccc(C(C)C)n3)nc2c1C. The first kappa shape index (κ1) is 36.3. The molecule has 3 N–H and O–H groups in total. The lowest BCUT2D eigenvalue weighted by molar-refractivity contribution is -0.132. The van der Waals surface area contributed by atoms with E-state index in [2.05, 4.69) is 29.2 Å². The molecule has 0 unspecified atom stereocenters. The molecule has 2 fully saturated rings. The fourth-order valence-corrected chi connectivity index (χ4v) is 7.79. The maximum Gasteiger partial charge on any atom is 0.259 e. The van der Waals surface area contributed by atoms with E-state index in [9.17, 15) is 22.8 Å². The average Bonchev–Trinajstić information content (AvgIpc) is 3.95. The second kappa shape index (κ2) is 14.3. The lowest BCUT2D eigenvalue weighted by atomic mass is 10.1. The molecule has 6 rings (SSSR count). The number of carbonyl (C=O) groups is 3. The van der Waals surface area contributed by atoms with Gasteiger partial charge in [-0.15, -0.1) is 0 Å². The Bertz CT molecular complexity index is 1970. The molecule has 3 amide bonds. The van der Waals surface area contributed by atoms with Crippen molar-refractivity contribution in [3.63, 3.8) is 0 Å². The van der Waals surface area contributed by atoms with Gasteiger partial charge in [-0.05, 0) is 76.5 Å². The summed E-state index contributed by atoms with van der Waals surface area (Å²) < 4.78 is 40.9. The number of ether oxygens (including phenoxy) is 2. The number of nitrogens with one attached hydrogen (secondary N) is 3. The summed E-state index contributed by atoms with van der Waals surface area (Å²) in [6.45, 7) is 7.69. The molecule has 2 aliphatic carbocycles. The monoisotopic (exact) mass is 720 g/mol. The molecular formula is C37H48N6O7S. The highest BCUT2D eigenvalue weighted by atomic mass is 32.2. The van der Waals surface area contributed by atoms with Crippen molar-refractivity contribution in [3.8, 4) is 17.3 Å². The van der Waals surface area contributed by atoms with Gasteiger partial charge >= 0.3 is 0 Å². The van der Waals surface area contributed by atoms with Crippen LogP contribution in [-0.4, -0.2) is 70.9 Å². The highest BCUT2D eigenvalue weighted by molar-refractivity contribution is 7.91. The summed E-state index contributed by atoms with van der Waals surface area (Å²) in [6, 6.07) is 6.40. The van der Waals surface area contributed by atoms with Crippen molar-refractivity contribution in [1.29, 1.82) is 0 Å². The van der Waals surface area contributed by atoms with E-state index in [1.54, 1.807) is 24.8 Å². The van der Waals surface area contributed by atoms with Crippen LogP contribution in [0.15, 0.2) is 42.6 Å². The fourth-order valence-electron chi connectivity index (χ4n) is 6.47. The van der Waals surface area contributed by atoms with Crippen molar-refractivity contribution in [1.82, 2.24) is 30.1 Å². The Kier molecular flexibility index (Phi) is 10.2. The number of hydrogen-bond acceptors (Lipinski definition) is 9. The molecule has 3 heterocycles. The lowest BCUT2D eigenvalue weighted by Gasteiger charge is -2.25. The maximum atomic E-state index is 13.9. The van der Waals surface area contributed by atoms with E-state index in [-0.39, 0.29) is 43.6 Å². The lowest BCUT2D eigenvalue weighted by Crippen LogP contribution is -2.57. The van der Waals surface area contributed by atoms with Crippen molar-refractivity contribution in [3.05, 3.63) is 53.9 Å². The quantitative estimate of drug-likeness (QED) is 0.255. The van der Waals surface area contributed by atoms with Crippen molar-refractivity contribution < 1.29 is 32.3 Å². The molecule has 51 heavy (non-hydrogen) atoms. The Morgan fingerprint density at radius 2 is 1.92 bits per heavy atom. The molecule has 2 aromatic heterocycles. The minimum absolute atomic E-state index is 0.0353. The molecule has 14 heteroatoms. The number of carbonyl (C=O) groups excluding carboxylic acids is 3. The molecule has 2 saturated carbocycles. The van der Waals surface area contributed by atoms with E-state index in [0.717, 1.165) is 35.9 Å². The number of aryl methyl sites for hydroxylation is 1. The molecule has 3 atom stereocenters. The standard InChI is InChI=1S/C37H48N6O7S/c1-23(2)27-15-19-43(41-27)31-21-30(26-13-14-29(49-5)24(3)33(26)39-31)50-20-16-28-34(45)40-37(35(46)42-51(47,48)36(4)17-18-36)22-25(37)11-9-7-6-8-10-12-32(44)38-28/h9,11,13-15,19,21,23,25,28H,6-8,10,12,16-18,20,22H2,1-5H3,(H,38,44)(H,40,45)(H,42,46)/b11-9-/t25-,28+,37-/m1/s1. The van der Waals surface area contributed by atoms with Crippen LogP contribution in [0.2, 0.25) is 0 Å². The Hall–Kier alpha value is -4.46. The van der Waals surface area contributed by atoms with Crippen LogP contribution in [-0.2, 0) is 24.4 Å². The van der Waals surface area contributed by atoms with E-state index in [1.807, 2.05) is 43.5 Å². The van der Waals surface area contributed by atoms with Crippen LogP contribution in [0.25, 0.3) is 16.7 Å². The van der Waals surface area contributed by atoms with Gasteiger partial charge in [-0.3, -0.25) is 19.1 Å². The van der Waals surface area contributed by atoms with Crippen LogP contribution < -0.4 is 24.8 Å². The summed E-state index contributed by atoms with van der Waals surface area (Å²) in [6.07, 6.45) is 10.4. The first-order valence-electron chi connectivity index (χ1n) is 17.8. The van der Waals surface area contributed by atoms with E-state index in [4.69, 9.17) is 19.6 Å². The summed E-state index contributed by atoms with van der Waals surface area (Å²) in [5.74, 6) is -0.0419. The summed E-state index contributed by atoms with van der Waals surface area (Å²) in [5, 5.41) is 11.1. The van der Waals surface area contributed by atoms with E-state index in [1.165, 1.54) is 0 Å². The highest BCUT2D eigenvalue weighted by Crippen LogP contribution is 2.47. The Morgan fingerprint density at radius 3 is 2.63 bits per heavy atom. The Labute approximate surface area is 299 Å². The average molecular weight is 721 g/mol. The summed E-state index contributed by atoms with van der Waals surface area (Å²) in [4.78, 5) is 45.5. The van der Waals surface area contributed by atoms with Gasteiger partial charge in [-0.2, -0.15) is 5.10 Å². The highest BCUT2D eigenvalue weighted by Gasteiger charge is 2.62. The molecule has 1 aliphatic heterocycles. The van der Waals surface area contributed by atoms with Gasteiger partial charge in [0.15, 0.2) is 5.82 Å². The molecule has 0 saturated heterocycles. The van der Waals surface area contributed by atoms with Gasteiger partial charge < -0.3 is 20.1 Å². The number of methoxy groups -OCH3 is 1. The summed E-state index contributed by atoms with van der Waals surface area (Å²) in [5.41, 5.74) is 0.968. The van der Waals surface area contributed by atoms with Gasteiger partial charge in [0.2, 0.25) is 21.8 Å². The van der Waals surface area contributed by atoms with Gasteiger partial charge in [-0.25, -0.2) is 18.1 Å². The van der Waals surface area contributed by atoms with Crippen LogP contribution in [0.4, 0.5) is 0 Å². The molecule has 0 bridgehead atoms. The maximum absolute atomic E-state index is 13.9. The number of aromatic nitrogens is 3. The number of hydrogen-bond donors (Lipinski definition) is 3. The molecule has 274 valence electrons. The van der Waals surface area contributed by atoms with Crippen molar-refractivity contribution >= 4 is 38.6 Å². The third kappa shape index (κ3) is 7.61. The van der Waals surface area contributed by atoms with Gasteiger partial charge in [0.1, 0.15) is 23.1 Å². The molecule has 3 aliphatic rings. The number of amides is 3. The third-order valence-electron chi connectivity index (χ3n) is 10.3. The largest absolute Gasteiger partial charge is 0.496 e. The topological polar surface area (TPSA) is 171 Å². The minimum Gasteiger partial charge on any atom is -0.496 e. The first-order chi connectivity index (χ1) is 24.3. The van der Waals surface area contributed by atoms with Crippen molar-refractivity contribution in [2.45, 2.75) is 108 Å². The fraction of sp³-hybridized carbons (Fsp3) is 0.541. The van der Waals surface area contributed by atoms with Crippen LogP contribution in [0.3, 0.4) is 0 Å². The molecule has 0 spiro atoms. The van der Waals surface area contributed by atoms with Gasteiger partial charge in [0, 0.05) is 42.0 Å². The smallest absolute Gasteiger partial charge is 0.259 e. The van der Waals surface area contributed by atoms with E-state index in [0.29, 0.717) is 42.1 Å². The molecule has 1 aromatic carbocycles. The summed E-state index contributed by atoms with van der Waals surface area (Å²) in [7, 11) is -2.33. The number of nitrogens with zero attached hydrogens (tertiary/aromatic N) is 3. The van der Waals surface area contributed by atoms with Gasteiger partial charge in [0.25, 0.3) is 5.91 Å². The van der Waals surface area contributed by atoms with E-state index < -0.39 is 38.2 Å². The van der Waals surface area contributed by atoms with E-state index >= 15 is 0 Å². The van der Waals surface area contributed by atoms with Crippen LogP contribution in [0.5, 0.6) is 11.5 Å². The first-order valence-corrected chi connectivity index (χ1v) is 19.3. The number of allylic oxidation sites excluding steroid dienone is 1. The number of sulfonamides is 1. The zero-order valence-electron chi connectivity index (χ0n) is 30.0. The number of rotatable bonds is 10. The molecule has 0 radical (unpaired) electrons. The zero-order valence-corrected chi connectivity index (χ0v) is 30.8. The predicted octanol–water partition coefficient (Wildman–Crippen LogP) is 4.51. The number of fused-ring (bicyclic) bond motifs is 2. The summed E-state index contributed by atoms with van der Waals surface area (Å²) >= 11 is 0. The van der Waals surface area contributed by atoms with Crippen LogP contribution in [0, 0.1) is 12.8 Å². The molecule has 3 aromatic rings. The zero-order chi connectivity index (χ0) is 36.6.